The topological polar surface area (TPSA) is 101 Å². The van der Waals surface area contributed by atoms with E-state index in [1.54, 1.807) is 6.92 Å². The molecule has 134 valence electrons. The molecule has 0 fully saturated rings. The van der Waals surface area contributed by atoms with Gasteiger partial charge in [-0.3, -0.25) is 14.7 Å². The van der Waals surface area contributed by atoms with Gasteiger partial charge in [0.25, 0.3) is 11.3 Å². The number of nitrogens with one attached hydrogen (secondary N) is 2. The van der Waals surface area contributed by atoms with Gasteiger partial charge in [0.15, 0.2) is 0 Å². The van der Waals surface area contributed by atoms with E-state index in [9.17, 15) is 9.59 Å². The lowest BCUT2D eigenvalue weighted by Crippen LogP contribution is -2.33. The number of hydrogen-bond acceptors (Lipinski definition) is 5. The molecule has 0 bridgehead atoms. The predicted molar refractivity (Wildman–Crippen MR) is 94.1 cm³/mol. The molecular weight excluding hydrogens is 334 g/mol. The average molecular weight is 353 g/mol. The fourth-order valence-corrected chi connectivity index (χ4v) is 3.28. The summed E-state index contributed by atoms with van der Waals surface area (Å²) in [6.07, 6.45) is 2.70. The molecule has 8 nitrogen and oxygen atoms in total. The molecule has 26 heavy (non-hydrogen) atoms. The highest BCUT2D eigenvalue weighted by atomic mass is 16.5. The van der Waals surface area contributed by atoms with Gasteiger partial charge in [-0.25, -0.2) is 9.97 Å². The number of nitrogens with zero attached hydrogens (tertiary/aromatic N) is 3. The molecule has 1 aromatic carbocycles. The van der Waals surface area contributed by atoms with Gasteiger partial charge in [0.2, 0.25) is 5.91 Å². The number of aromatic amines is 1. The lowest BCUT2D eigenvalue weighted by molar-refractivity contribution is -0.122. The number of carbonyl (C=O) groups is 1. The molecule has 2 N–H and O–H groups in total. The Bertz CT molecular complexity index is 1020. The second-order valence-electron chi connectivity index (χ2n) is 6.30. The number of aromatic nitrogens is 4. The fraction of sp³-hybridized carbons (Fsp3) is 0.333. The van der Waals surface area contributed by atoms with Crippen molar-refractivity contribution in [1.29, 1.82) is 0 Å². The third-order valence-corrected chi connectivity index (χ3v) is 4.63. The Morgan fingerprint density at radius 3 is 3.15 bits per heavy atom. The van der Waals surface area contributed by atoms with Crippen molar-refractivity contribution in [3.05, 3.63) is 57.8 Å². The maximum absolute atomic E-state index is 12.5. The normalized spacial score (nSPS) is 16.1. The van der Waals surface area contributed by atoms with Crippen molar-refractivity contribution in [3.63, 3.8) is 0 Å². The van der Waals surface area contributed by atoms with E-state index >= 15 is 0 Å². The van der Waals surface area contributed by atoms with Crippen LogP contribution in [-0.4, -0.2) is 32.1 Å². The van der Waals surface area contributed by atoms with Gasteiger partial charge in [-0.05, 0) is 19.4 Å². The quantitative estimate of drug-likeness (QED) is 0.736. The van der Waals surface area contributed by atoms with Crippen LogP contribution in [0.5, 0.6) is 5.75 Å². The highest BCUT2D eigenvalue weighted by molar-refractivity contribution is 5.77. The highest BCUT2D eigenvalue weighted by Crippen LogP contribution is 2.31. The number of H-pyrrole nitrogens is 1. The number of benzene rings is 1. The van der Waals surface area contributed by atoms with Crippen molar-refractivity contribution >= 4 is 11.7 Å². The molecule has 1 amide bonds. The molecule has 1 aliphatic rings. The smallest absolute Gasteiger partial charge is 0.277 e. The van der Waals surface area contributed by atoms with Crippen LogP contribution in [0.4, 0.5) is 0 Å². The number of rotatable bonds is 4. The van der Waals surface area contributed by atoms with E-state index in [0.717, 1.165) is 17.7 Å². The van der Waals surface area contributed by atoms with Crippen LogP contribution in [-0.2, 0) is 11.2 Å². The zero-order valence-corrected chi connectivity index (χ0v) is 14.4. The van der Waals surface area contributed by atoms with Gasteiger partial charge >= 0.3 is 0 Å². The Morgan fingerprint density at radius 1 is 1.42 bits per heavy atom. The third-order valence-electron chi connectivity index (χ3n) is 4.63. The maximum atomic E-state index is 12.5. The molecule has 8 heteroatoms. The van der Waals surface area contributed by atoms with Crippen LogP contribution in [0.1, 0.15) is 35.7 Å². The zero-order chi connectivity index (χ0) is 18.1. The third kappa shape index (κ3) is 2.94. The molecular formula is C18H19N5O3. The van der Waals surface area contributed by atoms with Crippen molar-refractivity contribution in [2.45, 2.75) is 32.2 Å². The van der Waals surface area contributed by atoms with Crippen molar-refractivity contribution < 1.29 is 9.53 Å². The van der Waals surface area contributed by atoms with Gasteiger partial charge in [0, 0.05) is 24.0 Å². The van der Waals surface area contributed by atoms with E-state index in [1.165, 1.54) is 10.8 Å². The molecule has 4 rings (SSSR count). The number of ether oxygens (including phenoxy) is 1. The predicted octanol–water partition coefficient (Wildman–Crippen LogP) is 1.30. The van der Waals surface area contributed by atoms with E-state index in [4.69, 9.17) is 4.74 Å². The van der Waals surface area contributed by atoms with E-state index in [-0.39, 0.29) is 23.9 Å². The summed E-state index contributed by atoms with van der Waals surface area (Å²) in [5.74, 6) is 1.05. The second kappa shape index (κ2) is 6.62. The van der Waals surface area contributed by atoms with Crippen LogP contribution in [0.2, 0.25) is 0 Å². The second-order valence-corrected chi connectivity index (χ2v) is 6.30. The first kappa shape index (κ1) is 16.3. The van der Waals surface area contributed by atoms with Crippen molar-refractivity contribution in [2.75, 3.05) is 6.61 Å². The van der Waals surface area contributed by atoms with E-state index < -0.39 is 0 Å². The van der Waals surface area contributed by atoms with Gasteiger partial charge in [-0.1, -0.05) is 18.2 Å². The van der Waals surface area contributed by atoms with Gasteiger partial charge in [-0.2, -0.15) is 4.52 Å². The van der Waals surface area contributed by atoms with E-state index in [2.05, 4.69) is 20.4 Å². The van der Waals surface area contributed by atoms with Crippen molar-refractivity contribution in [2.24, 2.45) is 0 Å². The van der Waals surface area contributed by atoms with Gasteiger partial charge in [0.1, 0.15) is 12.1 Å². The summed E-state index contributed by atoms with van der Waals surface area (Å²) in [5.41, 5.74) is 1.90. The molecule has 0 unspecified atom stereocenters. The largest absolute Gasteiger partial charge is 0.493 e. The number of para-hydroxylation sites is 1. The van der Waals surface area contributed by atoms with Crippen LogP contribution in [0.25, 0.3) is 5.78 Å². The Labute approximate surface area is 149 Å². The first-order chi connectivity index (χ1) is 12.6. The Morgan fingerprint density at radius 2 is 2.27 bits per heavy atom. The summed E-state index contributed by atoms with van der Waals surface area (Å²) in [5, 5.41) is 5.78. The molecule has 0 saturated heterocycles. The fourth-order valence-electron chi connectivity index (χ4n) is 3.28. The molecule has 0 radical (unpaired) electrons. The van der Waals surface area contributed by atoms with Crippen LogP contribution in [0.3, 0.4) is 0 Å². The molecule has 0 spiro atoms. The summed E-state index contributed by atoms with van der Waals surface area (Å²) in [7, 11) is 0. The summed E-state index contributed by atoms with van der Waals surface area (Å²) in [6.45, 7) is 2.33. The molecule has 1 atom stereocenters. The minimum absolute atomic E-state index is 0.0668. The minimum Gasteiger partial charge on any atom is -0.493 e. The Hall–Kier alpha value is -3.16. The monoisotopic (exact) mass is 353 g/mol. The zero-order valence-electron chi connectivity index (χ0n) is 14.4. The molecule has 1 aliphatic heterocycles. The highest BCUT2D eigenvalue weighted by Gasteiger charge is 2.22. The van der Waals surface area contributed by atoms with Crippen LogP contribution in [0, 0.1) is 6.92 Å². The van der Waals surface area contributed by atoms with Crippen molar-refractivity contribution in [1.82, 2.24) is 24.9 Å². The lowest BCUT2D eigenvalue weighted by atomic mass is 10.00. The summed E-state index contributed by atoms with van der Waals surface area (Å²) >= 11 is 0. The molecule has 0 saturated carbocycles. The number of aryl methyl sites for hydroxylation is 1. The Kier molecular flexibility index (Phi) is 4.16. The van der Waals surface area contributed by atoms with Crippen molar-refractivity contribution in [3.8, 4) is 5.75 Å². The Balaban J connectivity index is 1.46. The van der Waals surface area contributed by atoms with Crippen LogP contribution >= 0.6 is 0 Å². The van der Waals surface area contributed by atoms with E-state index in [0.29, 0.717) is 30.1 Å². The van der Waals surface area contributed by atoms with Crippen LogP contribution < -0.4 is 15.6 Å². The maximum Gasteiger partial charge on any atom is 0.277 e. The summed E-state index contributed by atoms with van der Waals surface area (Å²) in [4.78, 5) is 33.2. The van der Waals surface area contributed by atoms with E-state index in [1.807, 2.05) is 24.3 Å². The minimum atomic E-state index is -0.214. The summed E-state index contributed by atoms with van der Waals surface area (Å²) in [6, 6.07) is 7.65. The van der Waals surface area contributed by atoms with Gasteiger partial charge < -0.3 is 10.1 Å². The lowest BCUT2D eigenvalue weighted by Gasteiger charge is -2.26. The molecule has 3 heterocycles. The number of hydrogen-bond donors (Lipinski definition) is 2. The van der Waals surface area contributed by atoms with Crippen LogP contribution in [0.15, 0.2) is 35.4 Å². The first-order valence-corrected chi connectivity index (χ1v) is 8.56. The number of fused-ring (bicyclic) bond motifs is 2. The number of amides is 1. The standard InChI is InChI=1S/C18H19N5O3/c1-11-12(17(25)23-18(21-11)19-10-20-23)6-7-16(24)22-14-8-9-26-15-5-3-2-4-13(14)15/h2-5,10,14H,6-9H2,1H3,(H,22,24)(H,19,20,21)/t14-/m0/s1. The first-order valence-electron chi connectivity index (χ1n) is 8.56. The SMILES string of the molecule is Cc1nc2nc[nH]n2c(=O)c1CCC(=O)N[C@H]1CCOc2ccccc21. The van der Waals surface area contributed by atoms with Gasteiger partial charge in [0.05, 0.1) is 18.3 Å². The average Bonchev–Trinajstić information content (AvgIpc) is 3.10. The molecule has 0 aliphatic carbocycles. The molecule has 3 aromatic rings. The summed E-state index contributed by atoms with van der Waals surface area (Å²) < 4.78 is 6.90. The van der Waals surface area contributed by atoms with Gasteiger partial charge in [-0.15, -0.1) is 0 Å². The molecule has 2 aromatic heterocycles. The number of carbonyl (C=O) groups excluding carboxylic acids is 1.